The molecule has 3 aliphatic rings. The lowest BCUT2D eigenvalue weighted by Crippen LogP contribution is -2.50. The number of para-hydroxylation sites is 1. The quantitative estimate of drug-likeness (QED) is 0.698. The van der Waals surface area contributed by atoms with E-state index in [0.29, 0.717) is 18.4 Å². The SMILES string of the molecule is C.COC(=O)C1CC2CCCCC2C1NC(=O)CN1CCC(Oc2ccccc2)CC1. The van der Waals surface area contributed by atoms with Crippen LogP contribution in [0.3, 0.4) is 0 Å². The number of ether oxygens (including phenoxy) is 2. The van der Waals surface area contributed by atoms with Crippen LogP contribution in [0.4, 0.5) is 0 Å². The standard InChI is InChI=1S/C24H34N2O4.CH4/c1-29-24(28)21-15-17-7-5-6-10-20(17)23(21)25-22(27)16-26-13-11-19(12-14-26)30-18-8-3-2-4-9-18;/h2-4,8-9,17,19-21,23H,5-7,10-16H2,1H3,(H,25,27);1H4. The van der Waals surface area contributed by atoms with E-state index in [4.69, 9.17) is 9.47 Å². The molecular formula is C25H38N2O4. The molecule has 1 aliphatic heterocycles. The van der Waals surface area contributed by atoms with E-state index in [1.165, 1.54) is 26.4 Å². The van der Waals surface area contributed by atoms with Gasteiger partial charge in [0, 0.05) is 19.1 Å². The largest absolute Gasteiger partial charge is 0.490 e. The first-order chi connectivity index (χ1) is 14.6. The van der Waals surface area contributed by atoms with Crippen molar-refractivity contribution in [2.24, 2.45) is 17.8 Å². The number of hydrogen-bond donors (Lipinski definition) is 1. The number of nitrogens with one attached hydrogen (secondary N) is 1. The molecule has 3 fully saturated rings. The van der Waals surface area contributed by atoms with E-state index in [1.807, 2.05) is 30.3 Å². The smallest absolute Gasteiger partial charge is 0.310 e. The molecule has 0 bridgehead atoms. The summed E-state index contributed by atoms with van der Waals surface area (Å²) in [7, 11) is 1.45. The number of rotatable bonds is 6. The third-order valence-electron chi connectivity index (χ3n) is 7.20. The molecule has 172 valence electrons. The minimum Gasteiger partial charge on any atom is -0.490 e. The Morgan fingerprint density at radius 3 is 2.48 bits per heavy atom. The van der Waals surface area contributed by atoms with Gasteiger partial charge in [0.2, 0.25) is 5.91 Å². The van der Waals surface area contributed by atoms with Crippen LogP contribution >= 0.6 is 0 Å². The van der Waals surface area contributed by atoms with Gasteiger partial charge in [-0.1, -0.05) is 44.9 Å². The number of fused-ring (bicyclic) bond motifs is 1. The van der Waals surface area contributed by atoms with Crippen molar-refractivity contribution < 1.29 is 19.1 Å². The molecule has 31 heavy (non-hydrogen) atoms. The number of piperidine rings is 1. The fourth-order valence-corrected chi connectivity index (χ4v) is 5.69. The summed E-state index contributed by atoms with van der Waals surface area (Å²) in [6.45, 7) is 2.09. The second-order valence-electron chi connectivity index (χ2n) is 9.07. The molecule has 4 unspecified atom stereocenters. The first-order valence-corrected chi connectivity index (χ1v) is 11.5. The van der Waals surface area contributed by atoms with E-state index in [1.54, 1.807) is 0 Å². The summed E-state index contributed by atoms with van der Waals surface area (Å²) in [5, 5.41) is 3.23. The van der Waals surface area contributed by atoms with E-state index in [2.05, 4.69) is 10.2 Å². The number of carbonyl (C=O) groups excluding carboxylic acids is 2. The lowest BCUT2D eigenvalue weighted by molar-refractivity contribution is -0.146. The lowest BCUT2D eigenvalue weighted by Gasteiger charge is -2.33. The summed E-state index contributed by atoms with van der Waals surface area (Å²) >= 11 is 0. The molecule has 1 N–H and O–H groups in total. The topological polar surface area (TPSA) is 67.9 Å². The van der Waals surface area contributed by atoms with Gasteiger partial charge in [0.1, 0.15) is 11.9 Å². The monoisotopic (exact) mass is 430 g/mol. The molecule has 0 radical (unpaired) electrons. The number of benzene rings is 1. The zero-order chi connectivity index (χ0) is 20.9. The molecule has 2 aliphatic carbocycles. The Morgan fingerprint density at radius 2 is 1.77 bits per heavy atom. The van der Waals surface area contributed by atoms with Crippen LogP contribution in [-0.2, 0) is 14.3 Å². The minimum atomic E-state index is -0.197. The highest BCUT2D eigenvalue weighted by Gasteiger charge is 2.48. The first kappa shape index (κ1) is 23.6. The zero-order valence-electron chi connectivity index (χ0n) is 17.9. The molecule has 1 heterocycles. The fraction of sp³-hybridized carbons (Fsp3) is 0.680. The maximum absolute atomic E-state index is 12.8. The normalized spacial score (nSPS) is 28.8. The summed E-state index contributed by atoms with van der Waals surface area (Å²) in [6.07, 6.45) is 7.58. The third-order valence-corrected chi connectivity index (χ3v) is 7.20. The van der Waals surface area contributed by atoms with Crippen LogP contribution in [-0.4, -0.2) is 55.7 Å². The number of nitrogens with zero attached hydrogens (tertiary/aromatic N) is 1. The van der Waals surface area contributed by atoms with Crippen molar-refractivity contribution in [2.75, 3.05) is 26.7 Å². The van der Waals surface area contributed by atoms with Crippen molar-refractivity contribution in [1.29, 1.82) is 0 Å². The molecule has 1 aromatic rings. The number of carbonyl (C=O) groups is 2. The Balaban J connectivity index is 0.00000272. The summed E-state index contributed by atoms with van der Waals surface area (Å²) in [5.74, 6) is 1.52. The number of esters is 1. The Kier molecular flexibility index (Phi) is 8.35. The average molecular weight is 431 g/mol. The number of hydrogen-bond acceptors (Lipinski definition) is 5. The molecular weight excluding hydrogens is 392 g/mol. The van der Waals surface area contributed by atoms with Gasteiger partial charge in [0.05, 0.1) is 19.6 Å². The number of amides is 1. The van der Waals surface area contributed by atoms with E-state index >= 15 is 0 Å². The molecule has 1 aromatic carbocycles. The minimum absolute atomic E-state index is 0. The van der Waals surface area contributed by atoms with Crippen molar-refractivity contribution in [3.8, 4) is 5.75 Å². The van der Waals surface area contributed by atoms with Gasteiger partial charge in [0.15, 0.2) is 0 Å². The van der Waals surface area contributed by atoms with Crippen molar-refractivity contribution >= 4 is 11.9 Å². The van der Waals surface area contributed by atoms with Gasteiger partial charge in [-0.05, 0) is 49.7 Å². The maximum atomic E-state index is 12.8. The first-order valence-electron chi connectivity index (χ1n) is 11.5. The number of likely N-dealkylation sites (tertiary alicyclic amines) is 1. The van der Waals surface area contributed by atoms with E-state index < -0.39 is 0 Å². The zero-order valence-corrected chi connectivity index (χ0v) is 17.9. The highest BCUT2D eigenvalue weighted by molar-refractivity contribution is 5.80. The van der Waals surface area contributed by atoms with Crippen LogP contribution in [0, 0.1) is 17.8 Å². The summed E-state index contributed by atoms with van der Waals surface area (Å²) < 4.78 is 11.1. The van der Waals surface area contributed by atoms with Gasteiger partial charge in [-0.25, -0.2) is 0 Å². The van der Waals surface area contributed by atoms with E-state index in [-0.39, 0.29) is 37.4 Å². The highest BCUT2D eigenvalue weighted by Crippen LogP contribution is 2.45. The molecule has 2 saturated carbocycles. The maximum Gasteiger partial charge on any atom is 0.310 e. The third kappa shape index (κ3) is 5.79. The predicted molar refractivity (Wildman–Crippen MR) is 121 cm³/mol. The fourth-order valence-electron chi connectivity index (χ4n) is 5.69. The molecule has 1 amide bonds. The van der Waals surface area contributed by atoms with Crippen molar-refractivity contribution in [1.82, 2.24) is 10.2 Å². The molecule has 1 saturated heterocycles. The molecule has 4 atom stereocenters. The summed E-state index contributed by atoms with van der Waals surface area (Å²) in [6, 6.07) is 9.84. The average Bonchev–Trinajstić information content (AvgIpc) is 3.13. The van der Waals surface area contributed by atoms with Crippen LogP contribution in [0.25, 0.3) is 0 Å². The van der Waals surface area contributed by atoms with E-state index in [9.17, 15) is 9.59 Å². The van der Waals surface area contributed by atoms with Crippen LogP contribution in [0.5, 0.6) is 5.75 Å². The number of methoxy groups -OCH3 is 1. The second-order valence-corrected chi connectivity index (χ2v) is 9.07. The van der Waals surface area contributed by atoms with Gasteiger partial charge in [-0.2, -0.15) is 0 Å². The van der Waals surface area contributed by atoms with Crippen LogP contribution < -0.4 is 10.1 Å². The lowest BCUT2D eigenvalue weighted by atomic mass is 9.80. The van der Waals surface area contributed by atoms with Crippen molar-refractivity contribution in [2.45, 2.75) is 64.5 Å². The Bertz CT molecular complexity index is 717. The van der Waals surface area contributed by atoms with Crippen molar-refractivity contribution in [3.05, 3.63) is 30.3 Å². The molecule has 4 rings (SSSR count). The summed E-state index contributed by atoms with van der Waals surface area (Å²) in [4.78, 5) is 27.4. The Hall–Kier alpha value is -2.08. The van der Waals surface area contributed by atoms with Gasteiger partial charge in [-0.3, -0.25) is 14.5 Å². The molecule has 0 aromatic heterocycles. The molecule has 6 heteroatoms. The predicted octanol–water partition coefficient (Wildman–Crippen LogP) is 3.65. The van der Waals surface area contributed by atoms with Gasteiger partial charge in [-0.15, -0.1) is 0 Å². The van der Waals surface area contributed by atoms with Gasteiger partial charge in [0.25, 0.3) is 0 Å². The van der Waals surface area contributed by atoms with Gasteiger partial charge < -0.3 is 14.8 Å². The Labute approximate surface area is 186 Å². The molecule has 6 nitrogen and oxygen atoms in total. The Morgan fingerprint density at radius 1 is 1.06 bits per heavy atom. The van der Waals surface area contributed by atoms with Crippen LogP contribution in [0.2, 0.25) is 0 Å². The second kappa shape index (κ2) is 11.0. The molecule has 0 spiro atoms. The highest BCUT2D eigenvalue weighted by atomic mass is 16.5. The van der Waals surface area contributed by atoms with Crippen LogP contribution in [0.1, 0.15) is 52.4 Å². The van der Waals surface area contributed by atoms with Crippen LogP contribution in [0.15, 0.2) is 30.3 Å². The van der Waals surface area contributed by atoms with Crippen molar-refractivity contribution in [3.63, 3.8) is 0 Å². The summed E-state index contributed by atoms with van der Waals surface area (Å²) in [5.41, 5.74) is 0. The van der Waals surface area contributed by atoms with E-state index in [0.717, 1.165) is 44.5 Å². The van der Waals surface area contributed by atoms with Gasteiger partial charge >= 0.3 is 5.97 Å².